The Hall–Kier alpha value is -1.10. The standard InChI is InChI=1S/C6H13N5/c1-11(2)4-3-5-8-6(7)10-9-5/h3-4H2,1-2H3,(H3,7,8,9,10). The van der Waals surface area contributed by atoms with Gasteiger partial charge in [-0.15, -0.1) is 5.10 Å². The van der Waals surface area contributed by atoms with Crippen LogP contribution < -0.4 is 5.73 Å². The second-order valence-electron chi connectivity index (χ2n) is 2.69. The first-order valence-electron chi connectivity index (χ1n) is 3.50. The van der Waals surface area contributed by atoms with Gasteiger partial charge in [-0.1, -0.05) is 0 Å². The third-order valence-electron chi connectivity index (χ3n) is 1.34. The van der Waals surface area contributed by atoms with E-state index in [-0.39, 0.29) is 0 Å². The fourth-order valence-corrected chi connectivity index (χ4v) is 0.751. The van der Waals surface area contributed by atoms with E-state index in [1.165, 1.54) is 0 Å². The maximum Gasteiger partial charge on any atom is 0.239 e. The molecule has 11 heavy (non-hydrogen) atoms. The molecule has 0 aliphatic heterocycles. The van der Waals surface area contributed by atoms with Crippen LogP contribution in [0.3, 0.4) is 0 Å². The highest BCUT2D eigenvalue weighted by molar-refractivity contribution is 5.12. The van der Waals surface area contributed by atoms with E-state index in [0.29, 0.717) is 5.95 Å². The molecule has 1 aromatic heterocycles. The number of H-pyrrole nitrogens is 1. The number of aromatic nitrogens is 3. The van der Waals surface area contributed by atoms with E-state index < -0.39 is 0 Å². The van der Waals surface area contributed by atoms with Crippen molar-refractivity contribution in [2.45, 2.75) is 6.42 Å². The maximum absolute atomic E-state index is 5.32. The van der Waals surface area contributed by atoms with Crippen LogP contribution in [0.2, 0.25) is 0 Å². The first-order chi connectivity index (χ1) is 5.18. The first kappa shape index (κ1) is 8.00. The van der Waals surface area contributed by atoms with Crippen LogP contribution in [0.5, 0.6) is 0 Å². The topological polar surface area (TPSA) is 70.8 Å². The Bertz CT molecular complexity index is 217. The van der Waals surface area contributed by atoms with Crippen LogP contribution in [0.25, 0.3) is 0 Å². The van der Waals surface area contributed by atoms with Gasteiger partial charge in [0.1, 0.15) is 5.82 Å². The third kappa shape index (κ3) is 2.55. The summed E-state index contributed by atoms with van der Waals surface area (Å²) in [6, 6.07) is 0. The monoisotopic (exact) mass is 155 g/mol. The number of rotatable bonds is 3. The van der Waals surface area contributed by atoms with Crippen LogP contribution in [-0.4, -0.2) is 40.7 Å². The van der Waals surface area contributed by atoms with E-state index in [1.807, 2.05) is 14.1 Å². The van der Waals surface area contributed by atoms with E-state index in [9.17, 15) is 0 Å². The first-order valence-corrected chi connectivity index (χ1v) is 3.50. The van der Waals surface area contributed by atoms with Gasteiger partial charge in [0.15, 0.2) is 0 Å². The smallest absolute Gasteiger partial charge is 0.239 e. The summed E-state index contributed by atoms with van der Waals surface area (Å²) in [7, 11) is 4.03. The summed E-state index contributed by atoms with van der Waals surface area (Å²) in [6.45, 7) is 0.953. The summed E-state index contributed by atoms with van der Waals surface area (Å²) in [4.78, 5) is 6.05. The summed E-state index contributed by atoms with van der Waals surface area (Å²) >= 11 is 0. The SMILES string of the molecule is CN(C)CCc1nc(N)n[nH]1. The Kier molecular flexibility index (Phi) is 2.43. The Labute approximate surface area is 65.6 Å². The molecule has 0 atom stereocenters. The second kappa shape index (κ2) is 3.34. The lowest BCUT2D eigenvalue weighted by molar-refractivity contribution is 0.410. The minimum atomic E-state index is 0.318. The number of anilines is 1. The highest BCUT2D eigenvalue weighted by atomic mass is 15.3. The van der Waals surface area contributed by atoms with E-state index in [0.717, 1.165) is 18.8 Å². The molecule has 0 bridgehead atoms. The normalized spacial score (nSPS) is 10.8. The predicted octanol–water partition coefficient (Wildman–Crippen LogP) is -0.509. The van der Waals surface area contributed by atoms with Crippen molar-refractivity contribution < 1.29 is 0 Å². The fraction of sp³-hybridized carbons (Fsp3) is 0.667. The molecule has 1 heterocycles. The van der Waals surface area contributed by atoms with E-state index in [4.69, 9.17) is 5.73 Å². The van der Waals surface area contributed by atoms with Gasteiger partial charge in [0.05, 0.1) is 0 Å². The van der Waals surface area contributed by atoms with Crippen molar-refractivity contribution in [2.24, 2.45) is 0 Å². The van der Waals surface area contributed by atoms with Gasteiger partial charge in [0.2, 0.25) is 5.95 Å². The molecule has 0 unspecified atom stereocenters. The van der Waals surface area contributed by atoms with Crippen LogP contribution in [-0.2, 0) is 6.42 Å². The minimum absolute atomic E-state index is 0.318. The van der Waals surface area contributed by atoms with Crippen LogP contribution in [0.15, 0.2) is 0 Å². The van der Waals surface area contributed by atoms with Crippen molar-refractivity contribution in [3.63, 3.8) is 0 Å². The van der Waals surface area contributed by atoms with Crippen molar-refractivity contribution in [3.8, 4) is 0 Å². The van der Waals surface area contributed by atoms with Gasteiger partial charge in [-0.25, -0.2) is 0 Å². The molecule has 0 amide bonds. The minimum Gasteiger partial charge on any atom is -0.367 e. The Morgan fingerprint density at radius 3 is 2.73 bits per heavy atom. The fourth-order valence-electron chi connectivity index (χ4n) is 0.751. The van der Waals surface area contributed by atoms with Crippen LogP contribution >= 0.6 is 0 Å². The molecule has 0 radical (unpaired) electrons. The number of hydrogen-bond donors (Lipinski definition) is 2. The molecule has 62 valence electrons. The van der Waals surface area contributed by atoms with Gasteiger partial charge in [0, 0.05) is 13.0 Å². The van der Waals surface area contributed by atoms with E-state index in [2.05, 4.69) is 20.1 Å². The highest BCUT2D eigenvalue weighted by Crippen LogP contribution is 1.94. The predicted molar refractivity (Wildman–Crippen MR) is 43.1 cm³/mol. The van der Waals surface area contributed by atoms with Gasteiger partial charge in [-0.05, 0) is 14.1 Å². The van der Waals surface area contributed by atoms with E-state index >= 15 is 0 Å². The number of likely N-dealkylation sites (N-methyl/N-ethyl adjacent to an activating group) is 1. The highest BCUT2D eigenvalue weighted by Gasteiger charge is 1.98. The summed E-state index contributed by atoms with van der Waals surface area (Å²) in [5.41, 5.74) is 5.32. The number of nitrogens with one attached hydrogen (secondary N) is 1. The van der Waals surface area contributed by atoms with Crippen molar-refractivity contribution in [2.75, 3.05) is 26.4 Å². The zero-order chi connectivity index (χ0) is 8.27. The number of nitrogens with zero attached hydrogens (tertiary/aromatic N) is 3. The lowest BCUT2D eigenvalue weighted by atomic mass is 10.4. The molecule has 0 aliphatic carbocycles. The Morgan fingerprint density at radius 1 is 1.55 bits per heavy atom. The van der Waals surface area contributed by atoms with Gasteiger partial charge >= 0.3 is 0 Å². The molecule has 0 saturated heterocycles. The summed E-state index contributed by atoms with van der Waals surface area (Å²) < 4.78 is 0. The molecule has 5 heteroatoms. The van der Waals surface area contributed by atoms with Gasteiger partial charge in [-0.2, -0.15) is 4.98 Å². The quantitative estimate of drug-likeness (QED) is 0.616. The Balaban J connectivity index is 2.39. The Morgan fingerprint density at radius 2 is 2.27 bits per heavy atom. The molecule has 0 spiro atoms. The molecule has 3 N–H and O–H groups in total. The molecule has 1 rings (SSSR count). The molecular weight excluding hydrogens is 142 g/mol. The van der Waals surface area contributed by atoms with Gasteiger partial charge in [-0.3, -0.25) is 5.10 Å². The lowest BCUT2D eigenvalue weighted by Crippen LogP contribution is -2.15. The lowest BCUT2D eigenvalue weighted by Gasteiger charge is -2.05. The third-order valence-corrected chi connectivity index (χ3v) is 1.34. The van der Waals surface area contributed by atoms with Crippen molar-refractivity contribution >= 4 is 5.95 Å². The molecule has 5 nitrogen and oxygen atoms in total. The van der Waals surface area contributed by atoms with Crippen LogP contribution in [0.4, 0.5) is 5.95 Å². The van der Waals surface area contributed by atoms with E-state index in [1.54, 1.807) is 0 Å². The second-order valence-corrected chi connectivity index (χ2v) is 2.69. The van der Waals surface area contributed by atoms with Gasteiger partial charge < -0.3 is 10.6 Å². The van der Waals surface area contributed by atoms with Crippen molar-refractivity contribution in [1.82, 2.24) is 20.1 Å². The molecular formula is C6H13N5. The number of nitrogens with two attached hydrogens (primary N) is 1. The number of nitrogen functional groups attached to an aromatic ring is 1. The molecule has 0 fully saturated rings. The maximum atomic E-state index is 5.32. The summed E-state index contributed by atoms with van der Waals surface area (Å²) in [5.74, 6) is 1.16. The molecule has 1 aromatic rings. The van der Waals surface area contributed by atoms with Crippen molar-refractivity contribution in [1.29, 1.82) is 0 Å². The molecule has 0 aromatic carbocycles. The zero-order valence-corrected chi connectivity index (χ0v) is 6.83. The average molecular weight is 155 g/mol. The van der Waals surface area contributed by atoms with Crippen molar-refractivity contribution in [3.05, 3.63) is 5.82 Å². The molecule has 0 aliphatic rings. The summed E-state index contributed by atoms with van der Waals surface area (Å²) in [6.07, 6.45) is 0.858. The largest absolute Gasteiger partial charge is 0.367 e. The average Bonchev–Trinajstić information content (AvgIpc) is 2.31. The number of aromatic amines is 1. The summed E-state index contributed by atoms with van der Waals surface area (Å²) in [5, 5.41) is 6.47. The zero-order valence-electron chi connectivity index (χ0n) is 6.83. The molecule has 0 saturated carbocycles. The van der Waals surface area contributed by atoms with Gasteiger partial charge in [0.25, 0.3) is 0 Å². The van der Waals surface area contributed by atoms with Crippen LogP contribution in [0, 0.1) is 0 Å². The van der Waals surface area contributed by atoms with Crippen LogP contribution in [0.1, 0.15) is 5.82 Å². The number of hydrogen-bond acceptors (Lipinski definition) is 4.